The van der Waals surface area contributed by atoms with Crippen LogP contribution in [0.4, 0.5) is 0 Å². The Labute approximate surface area is 114 Å². The molecule has 0 amide bonds. The molecule has 98 valence electrons. The Morgan fingerprint density at radius 3 is 2.94 bits per heavy atom. The zero-order chi connectivity index (χ0) is 12.8. The molecule has 0 unspecified atom stereocenters. The predicted molar refractivity (Wildman–Crippen MR) is 78.6 cm³/mol. The van der Waals surface area contributed by atoms with E-state index >= 15 is 0 Å². The van der Waals surface area contributed by atoms with Gasteiger partial charge in [0.15, 0.2) is 0 Å². The third-order valence-electron chi connectivity index (χ3n) is 3.20. The van der Waals surface area contributed by atoms with Crippen molar-refractivity contribution in [3.63, 3.8) is 0 Å². The highest BCUT2D eigenvalue weighted by Crippen LogP contribution is 2.29. The number of rotatable bonds is 6. The van der Waals surface area contributed by atoms with E-state index < -0.39 is 0 Å². The van der Waals surface area contributed by atoms with Crippen LogP contribution in [0.5, 0.6) is 0 Å². The van der Waals surface area contributed by atoms with Gasteiger partial charge in [0.1, 0.15) is 0 Å². The zero-order valence-corrected chi connectivity index (χ0v) is 11.9. The monoisotopic (exact) mass is 262 g/mol. The van der Waals surface area contributed by atoms with Crippen LogP contribution < -0.4 is 5.73 Å². The molecular formula is C15H22N2S. The smallest absolute Gasteiger partial charge is 0.0772 e. The van der Waals surface area contributed by atoms with E-state index in [1.807, 2.05) is 11.3 Å². The van der Waals surface area contributed by atoms with Gasteiger partial charge in [-0.25, -0.2) is 0 Å². The molecule has 2 N–H and O–H groups in total. The van der Waals surface area contributed by atoms with Gasteiger partial charge in [0, 0.05) is 17.5 Å². The molecule has 1 aliphatic rings. The van der Waals surface area contributed by atoms with E-state index in [1.165, 1.54) is 37.1 Å². The molecule has 0 atom stereocenters. The standard InChI is InChI=1S/C15H22N2S/c1-2-3-11-17(13-6-7-13)12-15-9-8-14(18-15)5-4-10-16/h8-9,13H,2-3,6-7,10-12,16H2,1H3. The van der Waals surface area contributed by atoms with Gasteiger partial charge in [0.25, 0.3) is 0 Å². The highest BCUT2D eigenvalue weighted by atomic mass is 32.1. The average Bonchev–Trinajstić information content (AvgIpc) is 3.13. The van der Waals surface area contributed by atoms with Crippen molar-refractivity contribution in [2.45, 2.75) is 45.2 Å². The molecule has 2 rings (SSSR count). The molecule has 0 aliphatic heterocycles. The number of nitrogens with two attached hydrogens (primary N) is 1. The van der Waals surface area contributed by atoms with Crippen LogP contribution in [0.3, 0.4) is 0 Å². The first kappa shape index (κ1) is 13.6. The van der Waals surface area contributed by atoms with E-state index in [1.54, 1.807) is 0 Å². The van der Waals surface area contributed by atoms with Crippen molar-refractivity contribution < 1.29 is 0 Å². The summed E-state index contributed by atoms with van der Waals surface area (Å²) in [5, 5.41) is 0. The minimum atomic E-state index is 0.442. The summed E-state index contributed by atoms with van der Waals surface area (Å²) in [6.07, 6.45) is 5.35. The maximum Gasteiger partial charge on any atom is 0.0772 e. The van der Waals surface area contributed by atoms with Crippen LogP contribution in [-0.4, -0.2) is 24.0 Å². The minimum absolute atomic E-state index is 0.442. The Morgan fingerprint density at radius 1 is 1.44 bits per heavy atom. The molecule has 1 saturated carbocycles. The van der Waals surface area contributed by atoms with Gasteiger partial charge in [-0.3, -0.25) is 4.90 Å². The van der Waals surface area contributed by atoms with Crippen LogP contribution in [0.1, 0.15) is 42.4 Å². The fourth-order valence-electron chi connectivity index (χ4n) is 2.06. The molecule has 2 nitrogen and oxygen atoms in total. The lowest BCUT2D eigenvalue weighted by molar-refractivity contribution is 0.253. The molecule has 1 aromatic heterocycles. The number of hydrogen-bond donors (Lipinski definition) is 1. The summed E-state index contributed by atoms with van der Waals surface area (Å²) >= 11 is 1.81. The van der Waals surface area contributed by atoms with Gasteiger partial charge in [-0.2, -0.15) is 0 Å². The van der Waals surface area contributed by atoms with E-state index in [-0.39, 0.29) is 0 Å². The van der Waals surface area contributed by atoms with Gasteiger partial charge in [0.2, 0.25) is 0 Å². The van der Waals surface area contributed by atoms with Crippen LogP contribution in [0.2, 0.25) is 0 Å². The lowest BCUT2D eigenvalue weighted by Gasteiger charge is -2.20. The molecule has 0 radical (unpaired) electrons. The molecular weight excluding hydrogens is 240 g/mol. The van der Waals surface area contributed by atoms with E-state index in [4.69, 9.17) is 5.73 Å². The first-order chi connectivity index (χ1) is 8.83. The molecule has 18 heavy (non-hydrogen) atoms. The minimum Gasteiger partial charge on any atom is -0.320 e. The average molecular weight is 262 g/mol. The fraction of sp³-hybridized carbons (Fsp3) is 0.600. The first-order valence-corrected chi connectivity index (χ1v) is 7.67. The third-order valence-corrected chi connectivity index (χ3v) is 4.18. The predicted octanol–water partition coefficient (Wildman–Crippen LogP) is 2.82. The Hall–Kier alpha value is -0.820. The number of thiophene rings is 1. The van der Waals surface area contributed by atoms with Crippen LogP contribution >= 0.6 is 11.3 Å². The van der Waals surface area contributed by atoms with Gasteiger partial charge in [-0.15, -0.1) is 11.3 Å². The molecule has 1 heterocycles. The van der Waals surface area contributed by atoms with Crippen molar-refractivity contribution in [2.24, 2.45) is 5.73 Å². The number of hydrogen-bond acceptors (Lipinski definition) is 3. The molecule has 1 aliphatic carbocycles. The van der Waals surface area contributed by atoms with E-state index in [9.17, 15) is 0 Å². The summed E-state index contributed by atoms with van der Waals surface area (Å²) in [6.45, 7) is 5.04. The van der Waals surface area contributed by atoms with E-state index in [2.05, 4.69) is 35.8 Å². The molecule has 3 heteroatoms. The van der Waals surface area contributed by atoms with Crippen molar-refractivity contribution in [2.75, 3.05) is 13.1 Å². The van der Waals surface area contributed by atoms with E-state index in [0.717, 1.165) is 17.5 Å². The Kier molecular flexibility index (Phi) is 5.25. The SMILES string of the molecule is CCCCN(Cc1ccc(C#CCN)s1)C1CC1. The molecule has 0 aromatic carbocycles. The van der Waals surface area contributed by atoms with Gasteiger partial charge in [-0.1, -0.05) is 25.2 Å². The van der Waals surface area contributed by atoms with Crippen molar-refractivity contribution in [1.82, 2.24) is 4.90 Å². The fourth-order valence-corrected chi connectivity index (χ4v) is 2.97. The summed E-state index contributed by atoms with van der Waals surface area (Å²) in [5.41, 5.74) is 5.39. The van der Waals surface area contributed by atoms with Crippen molar-refractivity contribution in [3.05, 3.63) is 21.9 Å². The second kappa shape index (κ2) is 6.94. The quantitative estimate of drug-likeness (QED) is 0.799. The Morgan fingerprint density at radius 2 is 2.28 bits per heavy atom. The highest BCUT2D eigenvalue weighted by molar-refractivity contribution is 7.12. The molecule has 1 fully saturated rings. The van der Waals surface area contributed by atoms with Crippen molar-refractivity contribution >= 4 is 11.3 Å². The summed E-state index contributed by atoms with van der Waals surface area (Å²) in [4.78, 5) is 5.20. The topological polar surface area (TPSA) is 29.3 Å². The third kappa shape index (κ3) is 4.13. The Balaban J connectivity index is 1.91. The lowest BCUT2D eigenvalue weighted by Crippen LogP contribution is -2.26. The summed E-state index contributed by atoms with van der Waals surface area (Å²) in [6, 6.07) is 5.18. The molecule has 0 bridgehead atoms. The van der Waals surface area contributed by atoms with Gasteiger partial charge >= 0.3 is 0 Å². The highest BCUT2D eigenvalue weighted by Gasteiger charge is 2.28. The van der Waals surface area contributed by atoms with Gasteiger partial charge in [-0.05, 0) is 37.9 Å². The van der Waals surface area contributed by atoms with Crippen molar-refractivity contribution in [3.8, 4) is 11.8 Å². The lowest BCUT2D eigenvalue weighted by atomic mass is 10.3. The summed E-state index contributed by atoms with van der Waals surface area (Å²) in [5.74, 6) is 6.03. The largest absolute Gasteiger partial charge is 0.320 e. The van der Waals surface area contributed by atoms with Crippen LogP contribution in [0.15, 0.2) is 12.1 Å². The summed E-state index contributed by atoms with van der Waals surface area (Å²) in [7, 11) is 0. The van der Waals surface area contributed by atoms with Crippen LogP contribution in [0, 0.1) is 11.8 Å². The normalized spacial score (nSPS) is 14.6. The maximum absolute atomic E-state index is 5.39. The summed E-state index contributed by atoms with van der Waals surface area (Å²) < 4.78 is 0. The molecule has 0 saturated heterocycles. The number of nitrogens with zero attached hydrogens (tertiary/aromatic N) is 1. The first-order valence-electron chi connectivity index (χ1n) is 6.85. The van der Waals surface area contributed by atoms with Gasteiger partial charge in [0.05, 0.1) is 11.4 Å². The van der Waals surface area contributed by atoms with E-state index in [0.29, 0.717) is 6.54 Å². The van der Waals surface area contributed by atoms with Crippen LogP contribution in [-0.2, 0) is 6.54 Å². The molecule has 0 spiro atoms. The second-order valence-electron chi connectivity index (χ2n) is 4.83. The maximum atomic E-state index is 5.39. The second-order valence-corrected chi connectivity index (χ2v) is 6.00. The molecule has 1 aromatic rings. The number of unbranched alkanes of at least 4 members (excludes halogenated alkanes) is 1. The Bertz CT molecular complexity index is 423. The van der Waals surface area contributed by atoms with Crippen molar-refractivity contribution in [1.29, 1.82) is 0 Å². The van der Waals surface area contributed by atoms with Gasteiger partial charge < -0.3 is 5.73 Å². The van der Waals surface area contributed by atoms with Crippen LogP contribution in [0.25, 0.3) is 0 Å². The zero-order valence-electron chi connectivity index (χ0n) is 11.1.